The molecule has 330 valence electrons. The number of methoxy groups -OCH3 is 1. The second kappa shape index (κ2) is 28.2. The Bertz CT molecular complexity index is 1530. The number of aliphatic carboxylic acids is 2. The lowest BCUT2D eigenvalue weighted by atomic mass is 9.94. The van der Waals surface area contributed by atoms with Crippen LogP contribution in [0.1, 0.15) is 96.8 Å². The maximum atomic E-state index is 13.3. The monoisotopic (exact) mass is 833 g/mol. The molecule has 1 aliphatic carbocycles. The number of amides is 5. The van der Waals surface area contributed by atoms with Crippen LogP contribution in [0.15, 0.2) is 35.6 Å². The Morgan fingerprint density at radius 3 is 2.10 bits per heavy atom. The first kappa shape index (κ1) is 49.8. The molecule has 0 bridgehead atoms. The number of ether oxygens (including phenoxy) is 2. The molecule has 0 aromatic carbocycles. The summed E-state index contributed by atoms with van der Waals surface area (Å²) in [6.07, 6.45) is 13.4. The van der Waals surface area contributed by atoms with Gasteiger partial charge in [-0.3, -0.25) is 33.6 Å². The summed E-state index contributed by atoms with van der Waals surface area (Å²) < 4.78 is 10.6. The Balaban J connectivity index is 1.91. The number of carboxylic acids is 2. The van der Waals surface area contributed by atoms with E-state index in [4.69, 9.17) is 20.3 Å². The van der Waals surface area contributed by atoms with Crippen molar-refractivity contribution < 1.29 is 58.0 Å². The molecule has 5 atom stereocenters. The van der Waals surface area contributed by atoms with Crippen LogP contribution in [-0.2, 0) is 47.8 Å². The van der Waals surface area contributed by atoms with Gasteiger partial charge in [0.25, 0.3) is 0 Å². The topological polar surface area (TPSA) is 294 Å². The van der Waals surface area contributed by atoms with Crippen molar-refractivity contribution in [3.63, 3.8) is 0 Å². The number of hydrogen-bond donors (Lipinski definition) is 9. The zero-order chi connectivity index (χ0) is 43.6. The van der Waals surface area contributed by atoms with Gasteiger partial charge in [-0.15, -0.1) is 0 Å². The first-order chi connectivity index (χ1) is 28.2. The van der Waals surface area contributed by atoms with Crippen LogP contribution < -0.4 is 37.6 Å². The van der Waals surface area contributed by atoms with E-state index < -0.39 is 71.7 Å². The first-order valence-corrected chi connectivity index (χ1v) is 20.4. The maximum absolute atomic E-state index is 13.3. The van der Waals surface area contributed by atoms with Gasteiger partial charge in [-0.1, -0.05) is 57.6 Å². The van der Waals surface area contributed by atoms with Gasteiger partial charge in [0.2, 0.25) is 29.5 Å². The molecule has 2 aliphatic rings. The summed E-state index contributed by atoms with van der Waals surface area (Å²) >= 11 is 0. The zero-order valence-corrected chi connectivity index (χ0v) is 34.2. The smallest absolute Gasteiger partial charge is 0.326 e. The van der Waals surface area contributed by atoms with Crippen molar-refractivity contribution in [2.24, 2.45) is 11.7 Å². The Morgan fingerprint density at radius 1 is 0.729 bits per heavy atom. The maximum Gasteiger partial charge on any atom is 0.326 e. The second-order valence-electron chi connectivity index (χ2n) is 14.4. The van der Waals surface area contributed by atoms with Crippen LogP contribution in [0.3, 0.4) is 0 Å². The Kier molecular flexibility index (Phi) is 23.8. The van der Waals surface area contributed by atoms with Gasteiger partial charge in [0.15, 0.2) is 5.92 Å². The zero-order valence-electron chi connectivity index (χ0n) is 34.2. The number of fused-ring (bicyclic) bond motifs is 1. The van der Waals surface area contributed by atoms with E-state index in [9.17, 15) is 43.5 Å². The number of rotatable bonds is 31. The Hall–Kier alpha value is -5.30. The molecule has 0 saturated heterocycles. The van der Waals surface area contributed by atoms with Crippen molar-refractivity contribution in [1.29, 1.82) is 0 Å². The van der Waals surface area contributed by atoms with Gasteiger partial charge in [-0.2, -0.15) is 0 Å². The third-order valence-corrected chi connectivity index (χ3v) is 9.58. The van der Waals surface area contributed by atoms with E-state index in [1.165, 1.54) is 38.9 Å². The fourth-order valence-electron chi connectivity index (χ4n) is 6.12. The molecule has 0 spiro atoms. The van der Waals surface area contributed by atoms with Gasteiger partial charge in [0, 0.05) is 51.5 Å². The summed E-state index contributed by atoms with van der Waals surface area (Å²) in [6, 6.07) is -3.68. The van der Waals surface area contributed by atoms with E-state index in [1.54, 1.807) is 18.2 Å². The van der Waals surface area contributed by atoms with Gasteiger partial charge >= 0.3 is 17.9 Å². The summed E-state index contributed by atoms with van der Waals surface area (Å²) in [4.78, 5) is 98.9. The molecule has 0 saturated carbocycles. The lowest BCUT2D eigenvalue weighted by Crippen LogP contribution is -2.53. The predicted octanol–water partition coefficient (Wildman–Crippen LogP) is 0.440. The molecule has 0 aromatic heterocycles. The van der Waals surface area contributed by atoms with Gasteiger partial charge in [0.1, 0.15) is 23.9 Å². The van der Waals surface area contributed by atoms with Crippen molar-refractivity contribution >= 4 is 47.4 Å². The summed E-state index contributed by atoms with van der Waals surface area (Å²) in [5.41, 5.74) is 6.71. The summed E-state index contributed by atoms with van der Waals surface area (Å²) in [5.74, 6) is -6.79. The molecule has 0 fully saturated rings. The normalized spacial score (nSPS) is 17.1. The van der Waals surface area contributed by atoms with Crippen molar-refractivity contribution in [2.45, 2.75) is 121 Å². The van der Waals surface area contributed by atoms with Crippen molar-refractivity contribution in [3.05, 3.63) is 35.6 Å². The lowest BCUT2D eigenvalue weighted by Gasteiger charge is -2.27. The molecule has 59 heavy (non-hydrogen) atoms. The largest absolute Gasteiger partial charge is 0.497 e. The molecule has 0 radical (unpaired) electrons. The van der Waals surface area contributed by atoms with Gasteiger partial charge in [-0.05, 0) is 50.3 Å². The molecular formula is C40H63N7O12. The molecule has 10 N–H and O–H groups in total. The fourth-order valence-corrected chi connectivity index (χ4v) is 6.12. The average molecular weight is 834 g/mol. The van der Waals surface area contributed by atoms with Crippen molar-refractivity contribution in [2.75, 3.05) is 39.8 Å². The Labute approximate surface area is 345 Å². The average Bonchev–Trinajstić information content (AvgIpc) is 3.19. The molecule has 1 heterocycles. The van der Waals surface area contributed by atoms with Crippen LogP contribution in [0.4, 0.5) is 0 Å². The number of unbranched alkanes of at least 4 members (excludes halogenated alkanes) is 6. The number of nitrogens with two attached hydrogens (primary N) is 1. The number of hydrogen-bond acceptors (Lipinski definition) is 12. The molecule has 19 heteroatoms. The predicted molar refractivity (Wildman–Crippen MR) is 215 cm³/mol. The quantitative estimate of drug-likeness (QED) is 0.0260. The lowest BCUT2D eigenvalue weighted by molar-refractivity contribution is -0.153. The van der Waals surface area contributed by atoms with Crippen LogP contribution >= 0.6 is 0 Å². The number of nitrogens with one attached hydrogen (secondary N) is 6. The number of esters is 1. The van der Waals surface area contributed by atoms with Gasteiger partial charge in [0.05, 0.1) is 13.2 Å². The molecular weight excluding hydrogens is 770 g/mol. The van der Waals surface area contributed by atoms with Crippen molar-refractivity contribution in [3.8, 4) is 0 Å². The third-order valence-electron chi connectivity index (χ3n) is 9.58. The van der Waals surface area contributed by atoms with E-state index in [0.29, 0.717) is 37.4 Å². The van der Waals surface area contributed by atoms with Crippen LogP contribution in [0, 0.1) is 5.92 Å². The van der Waals surface area contributed by atoms with E-state index in [1.807, 2.05) is 0 Å². The minimum Gasteiger partial charge on any atom is -0.497 e. The minimum atomic E-state index is -1.39. The highest BCUT2D eigenvalue weighted by atomic mass is 16.5. The molecule has 2 rings (SSSR count). The van der Waals surface area contributed by atoms with Crippen LogP contribution in [0.5, 0.6) is 0 Å². The van der Waals surface area contributed by atoms with E-state index in [0.717, 1.165) is 19.3 Å². The molecule has 0 aromatic rings. The van der Waals surface area contributed by atoms with Gasteiger partial charge < -0.3 is 57.3 Å². The number of allylic oxidation sites excluding steroid dienone is 1. The summed E-state index contributed by atoms with van der Waals surface area (Å²) in [5, 5.41) is 34.3. The van der Waals surface area contributed by atoms with Crippen molar-refractivity contribution in [1.82, 2.24) is 31.9 Å². The standard InChI is InChI=1S/C40H63N7O12/c1-3-4-5-6-7-8-9-11-33(48)43-23-22-42-19-16-29(41)37(53)47-30(38(54)45-21-18-31(39(55)56)46-34(49)12-10-13-35(50)51)17-20-44-36(52)28-24-26-14-15-27(58-2)25-32(26)59-40(28)57/h14-15,24-25,28-32,42H,3-13,16-23,41H2,1-2H3,(H,43,48)(H,44,52)(H,45,54)(H,46,49)(H,47,53)(H,50,51)(H,55,56)/t28?,29-,30+,31+,32?/m0/s1. The number of carboxylic acid groups (broad SMARTS) is 2. The highest BCUT2D eigenvalue weighted by Crippen LogP contribution is 2.27. The molecule has 5 amide bonds. The van der Waals surface area contributed by atoms with E-state index in [-0.39, 0.29) is 57.5 Å². The Morgan fingerprint density at radius 2 is 1.41 bits per heavy atom. The second-order valence-corrected chi connectivity index (χ2v) is 14.4. The highest BCUT2D eigenvalue weighted by Gasteiger charge is 2.35. The third kappa shape index (κ3) is 20.3. The molecule has 2 unspecified atom stereocenters. The van der Waals surface area contributed by atoms with Gasteiger partial charge in [-0.25, -0.2) is 4.79 Å². The molecule has 1 aliphatic heterocycles. The first-order valence-electron chi connectivity index (χ1n) is 20.4. The molecule has 19 nitrogen and oxygen atoms in total. The summed E-state index contributed by atoms with van der Waals surface area (Å²) in [7, 11) is 1.47. The van der Waals surface area contributed by atoms with Crippen LogP contribution in [0.2, 0.25) is 0 Å². The van der Waals surface area contributed by atoms with Crippen LogP contribution in [0.25, 0.3) is 0 Å². The summed E-state index contributed by atoms with van der Waals surface area (Å²) in [6.45, 7) is 2.97. The SMILES string of the molecule is CCCCCCCCCC(=O)NCCNCC[C@H](N)C(=O)N[C@H](CCNC(=O)C1C=C2C=CC(OC)=CC2OC1=O)C(=O)NCC[C@@H](NC(=O)CCCC(=O)O)C(=O)O. The fraction of sp³-hybridized carbons (Fsp3) is 0.650. The van der Waals surface area contributed by atoms with Crippen LogP contribution in [-0.4, -0.2) is 122 Å². The van der Waals surface area contributed by atoms with E-state index >= 15 is 0 Å². The highest BCUT2D eigenvalue weighted by molar-refractivity contribution is 6.01. The number of carbonyl (C=O) groups is 8. The minimum absolute atomic E-state index is 0.0154. The number of carbonyl (C=O) groups excluding carboxylic acids is 6. The van der Waals surface area contributed by atoms with E-state index in [2.05, 4.69) is 38.8 Å².